The fourth-order valence-corrected chi connectivity index (χ4v) is 1.45. The molecule has 0 unspecified atom stereocenters. The Hall–Kier alpha value is -3.38. The van der Waals surface area contributed by atoms with E-state index in [2.05, 4.69) is 31.7 Å². The molecule has 0 aliphatic carbocycles. The lowest BCUT2D eigenvalue weighted by Gasteiger charge is -2.10. The normalized spacial score (nSPS) is 10.1. The van der Waals surface area contributed by atoms with Gasteiger partial charge in [0.2, 0.25) is 0 Å². The van der Waals surface area contributed by atoms with Gasteiger partial charge < -0.3 is 10.9 Å². The molecule has 0 radical (unpaired) electrons. The summed E-state index contributed by atoms with van der Waals surface area (Å²) in [7, 11) is 0. The summed E-state index contributed by atoms with van der Waals surface area (Å²) in [5.74, 6) is 0.816. The Morgan fingerprint density at radius 3 is 1.57 bits per heavy atom. The van der Waals surface area contributed by atoms with Gasteiger partial charge in [-0.15, -0.1) is 0 Å². The van der Waals surface area contributed by atoms with Crippen molar-refractivity contribution in [3.8, 4) is 0 Å². The number of nitro groups is 2. The van der Waals surface area contributed by atoms with Gasteiger partial charge in [0, 0.05) is 12.1 Å². The van der Waals surface area contributed by atoms with Crippen molar-refractivity contribution < 1.29 is 9.85 Å². The van der Waals surface area contributed by atoms with Crippen LogP contribution in [0.15, 0.2) is 36.7 Å². The molecule has 23 heavy (non-hydrogen) atoms. The maximum absolute atomic E-state index is 10.5. The first-order chi connectivity index (χ1) is 11.1. The van der Waals surface area contributed by atoms with Crippen molar-refractivity contribution in [2.75, 3.05) is 17.5 Å². The third-order valence-electron chi connectivity index (χ3n) is 2.53. The molecule has 0 aromatic carbocycles. The van der Waals surface area contributed by atoms with Gasteiger partial charge in [-0.3, -0.25) is 20.2 Å². The molecule has 2 rings (SSSR count). The zero-order valence-electron chi connectivity index (χ0n) is 11.6. The van der Waals surface area contributed by atoms with E-state index in [1.54, 1.807) is 0 Å². The second kappa shape index (κ2) is 7.58. The summed E-state index contributed by atoms with van der Waals surface area (Å²) in [6.45, 7) is 0.247. The zero-order valence-corrected chi connectivity index (χ0v) is 11.6. The fraction of sp³-hybridized carbons (Fsp3) is 0.0909. The Kier molecular flexibility index (Phi) is 5.27. The van der Waals surface area contributed by atoms with Gasteiger partial charge in [-0.05, 0) is 12.1 Å². The molecule has 120 valence electrons. The Bertz CT molecular complexity index is 616. The van der Waals surface area contributed by atoms with Crippen LogP contribution in [0, 0.1) is 20.2 Å². The summed E-state index contributed by atoms with van der Waals surface area (Å²) in [4.78, 5) is 27.6. The average Bonchev–Trinajstić information content (AvgIpc) is 2.55. The summed E-state index contributed by atoms with van der Waals surface area (Å²) >= 11 is 0. The van der Waals surface area contributed by atoms with E-state index in [1.807, 2.05) is 0 Å². The number of nitrogens with zero attached hydrogens (tertiary/aromatic N) is 4. The summed E-state index contributed by atoms with van der Waals surface area (Å²) in [5, 5.41) is 20.9. The highest BCUT2D eigenvalue weighted by atomic mass is 16.6. The van der Waals surface area contributed by atoms with Crippen molar-refractivity contribution in [3.05, 3.63) is 56.9 Å². The average molecular weight is 320 g/mol. The minimum Gasteiger partial charge on any atom is -0.305 e. The van der Waals surface area contributed by atoms with Gasteiger partial charge in [-0.2, -0.15) is 0 Å². The molecule has 0 bridgehead atoms. The van der Waals surface area contributed by atoms with Gasteiger partial charge in [0.15, 0.2) is 0 Å². The van der Waals surface area contributed by atoms with Crippen molar-refractivity contribution in [1.29, 1.82) is 0 Å². The van der Waals surface area contributed by atoms with Gasteiger partial charge in [0.1, 0.15) is 24.0 Å². The highest BCUT2D eigenvalue weighted by Crippen LogP contribution is 2.11. The molecule has 2 heterocycles. The summed E-state index contributed by atoms with van der Waals surface area (Å²) < 4.78 is 0. The van der Waals surface area contributed by atoms with E-state index >= 15 is 0 Å². The smallest absolute Gasteiger partial charge is 0.287 e. The lowest BCUT2D eigenvalue weighted by molar-refractivity contribution is -0.385. The van der Waals surface area contributed by atoms with Gasteiger partial charge in [-0.25, -0.2) is 20.8 Å². The van der Waals surface area contributed by atoms with Crippen LogP contribution in [-0.4, -0.2) is 26.5 Å². The number of pyridine rings is 2. The molecule has 4 N–H and O–H groups in total. The molecule has 0 amide bonds. The first kappa shape index (κ1) is 16.0. The lowest BCUT2D eigenvalue weighted by atomic mass is 10.4. The Labute approximate surface area is 129 Å². The fourth-order valence-electron chi connectivity index (χ4n) is 1.45. The second-order valence-electron chi connectivity index (χ2n) is 4.10. The Morgan fingerprint density at radius 1 is 0.826 bits per heavy atom. The van der Waals surface area contributed by atoms with Gasteiger partial charge in [-0.1, -0.05) is 0 Å². The van der Waals surface area contributed by atoms with Crippen LogP contribution < -0.4 is 21.7 Å². The summed E-state index contributed by atoms with van der Waals surface area (Å²) in [6.07, 6.45) is 2.27. The van der Waals surface area contributed by atoms with E-state index in [1.165, 1.54) is 24.3 Å². The van der Waals surface area contributed by atoms with E-state index in [9.17, 15) is 20.2 Å². The first-order valence-corrected chi connectivity index (χ1v) is 6.25. The molecule has 0 fully saturated rings. The minimum atomic E-state index is -0.535. The molecule has 0 saturated heterocycles. The number of anilines is 2. The molecular formula is C11H12N8O4. The van der Waals surface area contributed by atoms with Crippen LogP contribution in [0.2, 0.25) is 0 Å². The predicted octanol–water partition coefficient (Wildman–Crippen LogP) is 0.784. The van der Waals surface area contributed by atoms with Crippen LogP contribution in [0.4, 0.5) is 23.0 Å². The molecule has 0 aliphatic heterocycles. The zero-order chi connectivity index (χ0) is 16.7. The quantitative estimate of drug-likeness (QED) is 0.237. The maximum atomic E-state index is 10.5. The third kappa shape index (κ3) is 4.83. The van der Waals surface area contributed by atoms with E-state index < -0.39 is 9.85 Å². The molecule has 0 atom stereocenters. The van der Waals surface area contributed by atoms with Crippen LogP contribution in [0.1, 0.15) is 0 Å². The predicted molar refractivity (Wildman–Crippen MR) is 80.2 cm³/mol. The van der Waals surface area contributed by atoms with Crippen LogP contribution >= 0.6 is 0 Å². The molecule has 12 heteroatoms. The lowest BCUT2D eigenvalue weighted by Crippen LogP contribution is -2.36. The van der Waals surface area contributed by atoms with Crippen molar-refractivity contribution in [2.45, 2.75) is 0 Å². The van der Waals surface area contributed by atoms with Crippen LogP contribution in [0.25, 0.3) is 0 Å². The Balaban J connectivity index is 1.69. The van der Waals surface area contributed by atoms with Crippen LogP contribution in [0.5, 0.6) is 0 Å². The molecule has 12 nitrogen and oxygen atoms in total. The first-order valence-electron chi connectivity index (χ1n) is 6.25. The number of hydrogen-bond donors (Lipinski definition) is 4. The SMILES string of the molecule is O=[N+]([O-])c1ccc(NNCNNc2ccc([N+](=O)[O-])cn2)nc1. The van der Waals surface area contributed by atoms with Crippen molar-refractivity contribution in [3.63, 3.8) is 0 Å². The molecule has 0 saturated carbocycles. The maximum Gasteiger partial charge on any atom is 0.287 e. The van der Waals surface area contributed by atoms with Crippen LogP contribution in [0.3, 0.4) is 0 Å². The van der Waals surface area contributed by atoms with E-state index in [-0.39, 0.29) is 18.0 Å². The van der Waals surface area contributed by atoms with Crippen molar-refractivity contribution >= 4 is 23.0 Å². The number of rotatable bonds is 8. The van der Waals surface area contributed by atoms with E-state index in [4.69, 9.17) is 0 Å². The minimum absolute atomic E-state index is 0.0976. The third-order valence-corrected chi connectivity index (χ3v) is 2.53. The number of hydrazine groups is 2. The van der Waals surface area contributed by atoms with Crippen LogP contribution in [-0.2, 0) is 0 Å². The van der Waals surface area contributed by atoms with E-state index in [0.717, 1.165) is 12.4 Å². The summed E-state index contributed by atoms with van der Waals surface area (Å²) in [5.41, 5.74) is 10.8. The molecule has 0 spiro atoms. The number of aromatic nitrogens is 2. The Morgan fingerprint density at radius 2 is 1.26 bits per heavy atom. The standard InChI is InChI=1S/C11H12N8O4/c20-18(21)8-1-3-10(12-5-8)16-14-7-15-17-11-4-2-9(6-13-11)19(22)23/h1-6,14-15H,7H2,(H,12,16)(H,13,17). The van der Waals surface area contributed by atoms with Crippen molar-refractivity contribution in [1.82, 2.24) is 20.8 Å². The molecule has 2 aromatic rings. The molecular weight excluding hydrogens is 308 g/mol. The number of nitrogens with one attached hydrogen (secondary N) is 4. The van der Waals surface area contributed by atoms with Crippen molar-refractivity contribution in [2.24, 2.45) is 0 Å². The topological polar surface area (TPSA) is 160 Å². The van der Waals surface area contributed by atoms with Gasteiger partial charge in [0.05, 0.1) is 16.5 Å². The largest absolute Gasteiger partial charge is 0.305 e. The van der Waals surface area contributed by atoms with E-state index in [0.29, 0.717) is 11.6 Å². The highest BCUT2D eigenvalue weighted by molar-refractivity contribution is 5.40. The van der Waals surface area contributed by atoms with Gasteiger partial charge in [0.25, 0.3) is 11.4 Å². The number of hydrogen-bond acceptors (Lipinski definition) is 10. The highest BCUT2D eigenvalue weighted by Gasteiger charge is 2.05. The molecule has 0 aliphatic rings. The monoisotopic (exact) mass is 320 g/mol. The summed E-state index contributed by atoms with van der Waals surface area (Å²) in [6, 6.07) is 5.56. The second-order valence-corrected chi connectivity index (χ2v) is 4.10. The molecule has 2 aromatic heterocycles. The van der Waals surface area contributed by atoms with Gasteiger partial charge >= 0.3 is 0 Å².